The molecule has 94 valence electrons. The highest BCUT2D eigenvalue weighted by atomic mass is 35.5. The molecule has 0 aliphatic carbocycles. The molecule has 0 amide bonds. The molecule has 2 aromatic rings. The molecule has 2 rings (SSSR count). The lowest BCUT2D eigenvalue weighted by Gasteiger charge is -2.10. The van der Waals surface area contributed by atoms with Crippen LogP contribution in [0.25, 0.3) is 0 Å². The minimum atomic E-state index is 0.486. The molecular weight excluding hydrogens is 285 g/mol. The van der Waals surface area contributed by atoms with Gasteiger partial charge in [0, 0.05) is 15.5 Å². The van der Waals surface area contributed by atoms with E-state index >= 15 is 0 Å². The minimum Gasteiger partial charge on any atom is -0.398 e. The molecule has 0 fully saturated rings. The number of nitrogens with two attached hydrogens (primary N) is 1. The molecule has 0 heterocycles. The lowest BCUT2D eigenvalue weighted by atomic mass is 10.2. The molecule has 0 radical (unpaired) electrons. The van der Waals surface area contributed by atoms with Gasteiger partial charge < -0.3 is 5.73 Å². The van der Waals surface area contributed by atoms with Gasteiger partial charge in [0.2, 0.25) is 0 Å². The second kappa shape index (κ2) is 5.43. The highest BCUT2D eigenvalue weighted by Gasteiger charge is 2.08. The third-order valence-corrected chi connectivity index (χ3v) is 4.57. The lowest BCUT2D eigenvalue weighted by molar-refractivity contribution is 1.25. The lowest BCUT2D eigenvalue weighted by Crippen LogP contribution is -1.90. The highest BCUT2D eigenvalue weighted by molar-refractivity contribution is 7.99. The van der Waals surface area contributed by atoms with Crippen molar-refractivity contribution in [2.75, 3.05) is 5.73 Å². The van der Waals surface area contributed by atoms with Crippen LogP contribution in [0.15, 0.2) is 40.1 Å². The Labute approximate surface area is 121 Å². The maximum Gasteiger partial charge on any atom is 0.0613 e. The van der Waals surface area contributed by atoms with Crippen LogP contribution < -0.4 is 5.73 Å². The average molecular weight is 298 g/mol. The summed E-state index contributed by atoms with van der Waals surface area (Å²) in [7, 11) is 0. The predicted octanol–water partition coefficient (Wildman–Crippen LogP) is 5.34. The van der Waals surface area contributed by atoms with Crippen LogP contribution in [0.3, 0.4) is 0 Å². The highest BCUT2D eigenvalue weighted by Crippen LogP contribution is 2.38. The zero-order chi connectivity index (χ0) is 13.3. The molecular formula is C14H13Cl2NS. The molecule has 0 aliphatic heterocycles. The maximum absolute atomic E-state index is 6.02. The van der Waals surface area contributed by atoms with Crippen molar-refractivity contribution in [3.63, 3.8) is 0 Å². The van der Waals surface area contributed by atoms with Crippen molar-refractivity contribution < 1.29 is 0 Å². The molecule has 1 nitrogen and oxygen atoms in total. The van der Waals surface area contributed by atoms with Crippen molar-refractivity contribution in [3.05, 3.63) is 51.5 Å². The second-order valence-corrected chi connectivity index (χ2v) is 6.07. The van der Waals surface area contributed by atoms with Gasteiger partial charge in [-0.1, -0.05) is 47.1 Å². The first-order valence-corrected chi connectivity index (χ1v) is 7.04. The van der Waals surface area contributed by atoms with Crippen molar-refractivity contribution in [1.29, 1.82) is 0 Å². The molecule has 0 saturated heterocycles. The SMILES string of the molecule is Cc1ccc(C)c(Sc2cc(Cl)c(Cl)cc2N)c1. The summed E-state index contributed by atoms with van der Waals surface area (Å²) in [5.74, 6) is 0. The Hall–Kier alpha value is -0.830. The van der Waals surface area contributed by atoms with Crippen molar-refractivity contribution in [2.45, 2.75) is 23.6 Å². The number of hydrogen-bond acceptors (Lipinski definition) is 2. The van der Waals surface area contributed by atoms with E-state index < -0.39 is 0 Å². The zero-order valence-corrected chi connectivity index (χ0v) is 12.5. The van der Waals surface area contributed by atoms with E-state index in [2.05, 4.69) is 32.0 Å². The van der Waals surface area contributed by atoms with Gasteiger partial charge in [0.1, 0.15) is 0 Å². The van der Waals surface area contributed by atoms with Crippen molar-refractivity contribution >= 4 is 40.7 Å². The molecule has 2 aromatic carbocycles. The average Bonchev–Trinajstić information content (AvgIpc) is 2.30. The quantitative estimate of drug-likeness (QED) is 0.757. The number of benzene rings is 2. The maximum atomic E-state index is 6.02. The Kier molecular flexibility index (Phi) is 4.10. The van der Waals surface area contributed by atoms with Gasteiger partial charge in [-0.25, -0.2) is 0 Å². The third-order valence-electron chi connectivity index (χ3n) is 2.62. The predicted molar refractivity (Wildman–Crippen MR) is 80.9 cm³/mol. The number of anilines is 1. The van der Waals surface area contributed by atoms with Gasteiger partial charge in [-0.15, -0.1) is 0 Å². The van der Waals surface area contributed by atoms with E-state index in [-0.39, 0.29) is 0 Å². The fourth-order valence-electron chi connectivity index (χ4n) is 1.57. The summed E-state index contributed by atoms with van der Waals surface area (Å²) in [6, 6.07) is 9.84. The van der Waals surface area contributed by atoms with Gasteiger partial charge in [-0.05, 0) is 43.2 Å². The van der Waals surface area contributed by atoms with Crippen molar-refractivity contribution in [2.24, 2.45) is 0 Å². The Morgan fingerprint density at radius 1 is 0.944 bits per heavy atom. The fraction of sp³-hybridized carbons (Fsp3) is 0.143. The molecule has 4 heteroatoms. The van der Waals surface area contributed by atoms with E-state index in [0.29, 0.717) is 15.7 Å². The van der Waals surface area contributed by atoms with E-state index in [1.54, 1.807) is 17.8 Å². The third kappa shape index (κ3) is 2.94. The Morgan fingerprint density at radius 3 is 2.33 bits per heavy atom. The van der Waals surface area contributed by atoms with Crippen LogP contribution in [0.4, 0.5) is 5.69 Å². The topological polar surface area (TPSA) is 26.0 Å². The number of rotatable bonds is 2. The Balaban J connectivity index is 2.40. The molecule has 0 aliphatic rings. The molecule has 18 heavy (non-hydrogen) atoms. The molecule has 2 N–H and O–H groups in total. The largest absolute Gasteiger partial charge is 0.398 e. The van der Waals surface area contributed by atoms with E-state index in [0.717, 1.165) is 4.90 Å². The molecule has 0 atom stereocenters. The summed E-state index contributed by atoms with van der Waals surface area (Å²) in [5, 5.41) is 1.01. The summed E-state index contributed by atoms with van der Waals surface area (Å²) in [5.41, 5.74) is 9.05. The van der Waals surface area contributed by atoms with Crippen LogP contribution in [-0.2, 0) is 0 Å². The Bertz CT molecular complexity index is 597. The number of hydrogen-bond donors (Lipinski definition) is 1. The van der Waals surface area contributed by atoms with Crippen LogP contribution in [-0.4, -0.2) is 0 Å². The van der Waals surface area contributed by atoms with Gasteiger partial charge in [-0.2, -0.15) is 0 Å². The fourth-order valence-corrected chi connectivity index (χ4v) is 3.03. The van der Waals surface area contributed by atoms with E-state index in [1.165, 1.54) is 16.0 Å². The Morgan fingerprint density at radius 2 is 1.61 bits per heavy atom. The van der Waals surface area contributed by atoms with Gasteiger partial charge in [0.05, 0.1) is 10.0 Å². The van der Waals surface area contributed by atoms with Crippen LogP contribution in [0.1, 0.15) is 11.1 Å². The first-order chi connectivity index (χ1) is 8.47. The summed E-state index contributed by atoms with van der Waals surface area (Å²) in [6.45, 7) is 4.15. The van der Waals surface area contributed by atoms with Crippen LogP contribution in [0.5, 0.6) is 0 Å². The number of halogens is 2. The first kappa shape index (κ1) is 13.6. The van der Waals surface area contributed by atoms with Crippen molar-refractivity contribution in [3.8, 4) is 0 Å². The van der Waals surface area contributed by atoms with Gasteiger partial charge in [0.25, 0.3) is 0 Å². The van der Waals surface area contributed by atoms with Crippen LogP contribution in [0, 0.1) is 13.8 Å². The summed E-state index contributed by atoms with van der Waals surface area (Å²) in [4.78, 5) is 2.11. The molecule has 0 unspecified atom stereocenters. The molecule has 0 spiro atoms. The van der Waals surface area contributed by atoms with Gasteiger partial charge in [0.15, 0.2) is 0 Å². The van der Waals surface area contributed by atoms with E-state index in [9.17, 15) is 0 Å². The van der Waals surface area contributed by atoms with E-state index in [1.807, 2.05) is 6.07 Å². The summed E-state index contributed by atoms with van der Waals surface area (Å²) >= 11 is 13.6. The van der Waals surface area contributed by atoms with Gasteiger partial charge in [-0.3, -0.25) is 0 Å². The minimum absolute atomic E-state index is 0.486. The van der Waals surface area contributed by atoms with E-state index in [4.69, 9.17) is 28.9 Å². The summed E-state index contributed by atoms with van der Waals surface area (Å²) in [6.07, 6.45) is 0. The standard InChI is InChI=1S/C14H13Cl2NS/c1-8-3-4-9(2)13(5-8)18-14-7-11(16)10(15)6-12(14)17/h3-7H,17H2,1-2H3. The number of nitrogen functional groups attached to an aromatic ring is 1. The smallest absolute Gasteiger partial charge is 0.0613 e. The molecule has 0 bridgehead atoms. The molecule has 0 aromatic heterocycles. The normalized spacial score (nSPS) is 10.7. The van der Waals surface area contributed by atoms with Crippen LogP contribution >= 0.6 is 35.0 Å². The first-order valence-electron chi connectivity index (χ1n) is 5.47. The van der Waals surface area contributed by atoms with Crippen LogP contribution in [0.2, 0.25) is 10.0 Å². The monoisotopic (exact) mass is 297 g/mol. The zero-order valence-electron chi connectivity index (χ0n) is 10.1. The molecule has 0 saturated carbocycles. The van der Waals surface area contributed by atoms with Crippen molar-refractivity contribution in [1.82, 2.24) is 0 Å². The summed E-state index contributed by atoms with van der Waals surface area (Å²) < 4.78 is 0. The number of aryl methyl sites for hydroxylation is 2. The second-order valence-electron chi connectivity index (χ2n) is 4.18. The van der Waals surface area contributed by atoms with Gasteiger partial charge >= 0.3 is 0 Å².